The van der Waals surface area contributed by atoms with Gasteiger partial charge in [-0.1, -0.05) is 36.8 Å². The minimum atomic E-state index is 0.297. The lowest BCUT2D eigenvalue weighted by atomic mass is 10.1. The van der Waals surface area contributed by atoms with Crippen molar-refractivity contribution in [2.45, 2.75) is 25.7 Å². The third-order valence-electron chi connectivity index (χ3n) is 3.04. The molecule has 0 amide bonds. The minimum absolute atomic E-state index is 0.297. The molecule has 0 atom stereocenters. The van der Waals surface area contributed by atoms with Crippen LogP contribution in [0.1, 0.15) is 25.7 Å². The Morgan fingerprint density at radius 3 is 2.44 bits per heavy atom. The van der Waals surface area contributed by atoms with Crippen molar-refractivity contribution in [1.29, 1.82) is 0 Å². The van der Waals surface area contributed by atoms with E-state index in [0.717, 1.165) is 38.0 Å². The maximum absolute atomic E-state index is 8.67. The number of aliphatic hydroxyl groups excluding tert-OH is 1. The van der Waals surface area contributed by atoms with E-state index in [0.29, 0.717) is 6.61 Å². The van der Waals surface area contributed by atoms with E-state index in [1.807, 2.05) is 18.2 Å². The van der Waals surface area contributed by atoms with E-state index in [-0.39, 0.29) is 0 Å². The molecule has 0 aliphatic rings. The smallest absolute Gasteiger partial charge is 0.119 e. The Morgan fingerprint density at radius 2 is 1.61 bits per heavy atom. The molecule has 96 valence electrons. The maximum Gasteiger partial charge on any atom is 0.119 e. The summed E-state index contributed by atoms with van der Waals surface area (Å²) in [5.74, 6) is 0.941. The summed E-state index contributed by atoms with van der Waals surface area (Å²) in [6.07, 6.45) is 4.15. The van der Waals surface area contributed by atoms with E-state index in [4.69, 9.17) is 9.84 Å². The van der Waals surface area contributed by atoms with Gasteiger partial charge in [-0.2, -0.15) is 0 Å². The zero-order valence-electron chi connectivity index (χ0n) is 10.6. The SMILES string of the molecule is OCCCCCCOc1ccc2ccccc2c1. The molecule has 2 aromatic carbocycles. The van der Waals surface area contributed by atoms with Crippen molar-refractivity contribution in [2.75, 3.05) is 13.2 Å². The van der Waals surface area contributed by atoms with Gasteiger partial charge in [-0.25, -0.2) is 0 Å². The van der Waals surface area contributed by atoms with Gasteiger partial charge in [0.25, 0.3) is 0 Å². The van der Waals surface area contributed by atoms with Crippen LogP contribution in [-0.2, 0) is 0 Å². The van der Waals surface area contributed by atoms with Crippen molar-refractivity contribution < 1.29 is 9.84 Å². The van der Waals surface area contributed by atoms with Crippen LogP contribution in [0.25, 0.3) is 10.8 Å². The van der Waals surface area contributed by atoms with Crippen LogP contribution in [0, 0.1) is 0 Å². The van der Waals surface area contributed by atoms with Gasteiger partial charge >= 0.3 is 0 Å². The molecule has 0 saturated heterocycles. The van der Waals surface area contributed by atoms with Gasteiger partial charge in [0.2, 0.25) is 0 Å². The molecule has 0 bridgehead atoms. The summed E-state index contributed by atoms with van der Waals surface area (Å²) in [6, 6.07) is 14.5. The van der Waals surface area contributed by atoms with Crippen molar-refractivity contribution in [3.05, 3.63) is 42.5 Å². The molecule has 1 N–H and O–H groups in total. The number of unbranched alkanes of at least 4 members (excludes halogenated alkanes) is 3. The lowest BCUT2D eigenvalue weighted by molar-refractivity contribution is 0.273. The molecule has 0 aromatic heterocycles. The molecule has 0 spiro atoms. The van der Waals surface area contributed by atoms with E-state index in [2.05, 4.69) is 24.3 Å². The lowest BCUT2D eigenvalue weighted by Crippen LogP contribution is -1.97. The molecule has 2 nitrogen and oxygen atoms in total. The normalized spacial score (nSPS) is 10.7. The average molecular weight is 244 g/mol. The van der Waals surface area contributed by atoms with Crippen molar-refractivity contribution in [2.24, 2.45) is 0 Å². The second-order valence-electron chi connectivity index (χ2n) is 4.50. The molecule has 2 heteroatoms. The Kier molecular flexibility index (Phi) is 5.03. The fourth-order valence-corrected chi connectivity index (χ4v) is 2.01. The highest BCUT2D eigenvalue weighted by Crippen LogP contribution is 2.20. The first kappa shape index (κ1) is 12.9. The Bertz CT molecular complexity index is 479. The van der Waals surface area contributed by atoms with Gasteiger partial charge in [-0.3, -0.25) is 0 Å². The molecule has 0 fully saturated rings. The van der Waals surface area contributed by atoms with E-state index in [9.17, 15) is 0 Å². The number of ether oxygens (including phenoxy) is 1. The predicted octanol–water partition coefficient (Wildman–Crippen LogP) is 3.77. The summed E-state index contributed by atoms with van der Waals surface area (Å²) < 4.78 is 5.73. The summed E-state index contributed by atoms with van der Waals surface area (Å²) in [6.45, 7) is 1.05. The molecule has 0 aliphatic heterocycles. The lowest BCUT2D eigenvalue weighted by Gasteiger charge is -2.07. The highest BCUT2D eigenvalue weighted by atomic mass is 16.5. The van der Waals surface area contributed by atoms with Gasteiger partial charge in [-0.05, 0) is 42.2 Å². The fraction of sp³-hybridized carbons (Fsp3) is 0.375. The highest BCUT2D eigenvalue weighted by Gasteiger charge is 1.97. The van der Waals surface area contributed by atoms with Crippen LogP contribution in [0.5, 0.6) is 5.75 Å². The van der Waals surface area contributed by atoms with Gasteiger partial charge in [0.15, 0.2) is 0 Å². The van der Waals surface area contributed by atoms with Gasteiger partial charge in [0.05, 0.1) is 6.61 Å². The van der Waals surface area contributed by atoms with Gasteiger partial charge in [0, 0.05) is 6.61 Å². The van der Waals surface area contributed by atoms with Crippen molar-refractivity contribution >= 4 is 10.8 Å². The monoisotopic (exact) mass is 244 g/mol. The van der Waals surface area contributed by atoms with E-state index in [1.165, 1.54) is 10.8 Å². The predicted molar refractivity (Wildman–Crippen MR) is 75.0 cm³/mol. The zero-order chi connectivity index (χ0) is 12.6. The van der Waals surface area contributed by atoms with Crippen LogP contribution in [0.3, 0.4) is 0 Å². The minimum Gasteiger partial charge on any atom is -0.494 e. The third-order valence-corrected chi connectivity index (χ3v) is 3.04. The molecule has 0 saturated carbocycles. The van der Waals surface area contributed by atoms with Crippen LogP contribution in [-0.4, -0.2) is 18.3 Å². The van der Waals surface area contributed by atoms with Crippen molar-refractivity contribution in [3.8, 4) is 5.75 Å². The topological polar surface area (TPSA) is 29.5 Å². The van der Waals surface area contributed by atoms with Crippen LogP contribution in [0.2, 0.25) is 0 Å². The standard InChI is InChI=1S/C16H20O2/c17-11-5-1-2-6-12-18-16-10-9-14-7-3-4-8-15(14)13-16/h3-4,7-10,13,17H,1-2,5-6,11-12H2. The van der Waals surface area contributed by atoms with Crippen molar-refractivity contribution in [3.63, 3.8) is 0 Å². The number of hydrogen-bond acceptors (Lipinski definition) is 2. The number of hydrogen-bond donors (Lipinski definition) is 1. The summed E-state index contributed by atoms with van der Waals surface area (Å²) in [7, 11) is 0. The van der Waals surface area contributed by atoms with Gasteiger partial charge < -0.3 is 9.84 Å². The second kappa shape index (κ2) is 7.02. The third kappa shape index (κ3) is 3.74. The van der Waals surface area contributed by atoms with Crippen LogP contribution >= 0.6 is 0 Å². The Morgan fingerprint density at radius 1 is 0.833 bits per heavy atom. The quantitative estimate of drug-likeness (QED) is 0.751. The van der Waals surface area contributed by atoms with E-state index < -0.39 is 0 Å². The molecule has 2 aromatic rings. The summed E-state index contributed by atoms with van der Waals surface area (Å²) in [4.78, 5) is 0. The first-order chi connectivity index (χ1) is 8.90. The Labute approximate surface area is 108 Å². The van der Waals surface area contributed by atoms with Crippen molar-refractivity contribution in [1.82, 2.24) is 0 Å². The van der Waals surface area contributed by atoms with Crippen LogP contribution < -0.4 is 4.74 Å². The van der Waals surface area contributed by atoms with Gasteiger partial charge in [0.1, 0.15) is 5.75 Å². The first-order valence-electron chi connectivity index (χ1n) is 6.62. The molecule has 0 aliphatic carbocycles. The number of rotatable bonds is 7. The van der Waals surface area contributed by atoms with Gasteiger partial charge in [-0.15, -0.1) is 0 Å². The highest BCUT2D eigenvalue weighted by molar-refractivity contribution is 5.83. The molecule has 2 rings (SSSR count). The Hall–Kier alpha value is -1.54. The molecule has 0 unspecified atom stereocenters. The fourth-order valence-electron chi connectivity index (χ4n) is 2.01. The molecule has 18 heavy (non-hydrogen) atoms. The van der Waals surface area contributed by atoms with Crippen LogP contribution in [0.15, 0.2) is 42.5 Å². The summed E-state index contributed by atoms with van der Waals surface area (Å²) >= 11 is 0. The van der Waals surface area contributed by atoms with E-state index >= 15 is 0 Å². The largest absolute Gasteiger partial charge is 0.494 e. The second-order valence-corrected chi connectivity index (χ2v) is 4.50. The maximum atomic E-state index is 8.67. The zero-order valence-corrected chi connectivity index (χ0v) is 10.6. The number of fused-ring (bicyclic) bond motifs is 1. The molecular weight excluding hydrogens is 224 g/mol. The summed E-state index contributed by atoms with van der Waals surface area (Å²) in [5.41, 5.74) is 0. The first-order valence-corrected chi connectivity index (χ1v) is 6.62. The average Bonchev–Trinajstić information content (AvgIpc) is 2.42. The molecule has 0 heterocycles. The molecular formula is C16H20O2. The number of aliphatic hydroxyl groups is 1. The van der Waals surface area contributed by atoms with Crippen LogP contribution in [0.4, 0.5) is 0 Å². The summed E-state index contributed by atoms with van der Waals surface area (Å²) in [5, 5.41) is 11.1. The Balaban J connectivity index is 1.81. The molecule has 0 radical (unpaired) electrons. The number of benzene rings is 2. The van der Waals surface area contributed by atoms with E-state index in [1.54, 1.807) is 0 Å².